The summed E-state index contributed by atoms with van der Waals surface area (Å²) in [7, 11) is 0. The smallest absolute Gasteiger partial charge is 0.107 e. The normalized spacial score (nSPS) is 10.9. The highest BCUT2D eigenvalue weighted by molar-refractivity contribution is 5.78. The lowest BCUT2D eigenvalue weighted by Gasteiger charge is -1.97. The molecule has 0 radical (unpaired) electrons. The number of hydrogen-bond acceptors (Lipinski definition) is 2. The van der Waals surface area contributed by atoms with E-state index in [9.17, 15) is 0 Å². The van der Waals surface area contributed by atoms with Crippen LogP contribution >= 0.6 is 0 Å². The number of benzene rings is 1. The Morgan fingerprint density at radius 1 is 1.06 bits per heavy atom. The monoisotopic (exact) mass is 237 g/mol. The number of rotatable bonds is 3. The molecule has 1 N–H and O–H groups in total. The lowest BCUT2D eigenvalue weighted by atomic mass is 10.1. The Kier molecular flexibility index (Phi) is 2.81. The molecule has 0 saturated heterocycles. The largest absolute Gasteiger partial charge is 0.342 e. The molecule has 3 rings (SSSR count). The van der Waals surface area contributed by atoms with Crippen LogP contribution in [0.3, 0.4) is 0 Å². The number of hydrogen-bond donors (Lipinski definition) is 1. The second-order valence-electron chi connectivity index (χ2n) is 4.51. The molecular weight excluding hydrogens is 222 g/mol. The van der Waals surface area contributed by atoms with Gasteiger partial charge in [-0.1, -0.05) is 12.1 Å². The second-order valence-corrected chi connectivity index (χ2v) is 4.51. The van der Waals surface area contributed by atoms with Crippen molar-refractivity contribution >= 4 is 11.0 Å². The maximum Gasteiger partial charge on any atom is 0.107 e. The Bertz CT molecular complexity index is 656. The third kappa shape index (κ3) is 2.12. The zero-order valence-corrected chi connectivity index (χ0v) is 10.4. The highest BCUT2D eigenvalue weighted by Crippen LogP contribution is 2.16. The quantitative estimate of drug-likeness (QED) is 0.760. The van der Waals surface area contributed by atoms with Crippen LogP contribution in [0.25, 0.3) is 11.0 Å². The Hall–Kier alpha value is -2.16. The minimum atomic E-state index is 0.929. The SMILES string of the molecule is Cc1cccc2[nH]c(CCc3ccncc3)nc12. The molecular formula is C15H15N3. The van der Waals surface area contributed by atoms with Crippen molar-refractivity contribution < 1.29 is 0 Å². The first-order valence-electron chi connectivity index (χ1n) is 6.16. The highest BCUT2D eigenvalue weighted by atomic mass is 14.9. The van der Waals surface area contributed by atoms with E-state index in [1.165, 1.54) is 11.1 Å². The maximum absolute atomic E-state index is 4.66. The van der Waals surface area contributed by atoms with Crippen LogP contribution in [-0.2, 0) is 12.8 Å². The number of nitrogens with one attached hydrogen (secondary N) is 1. The van der Waals surface area contributed by atoms with Crippen molar-refractivity contribution in [3.8, 4) is 0 Å². The van der Waals surface area contributed by atoms with Crippen molar-refractivity contribution in [1.82, 2.24) is 15.0 Å². The minimum Gasteiger partial charge on any atom is -0.342 e. The van der Waals surface area contributed by atoms with Crippen LogP contribution in [0.5, 0.6) is 0 Å². The molecule has 3 nitrogen and oxygen atoms in total. The third-order valence-electron chi connectivity index (χ3n) is 3.16. The molecule has 0 aliphatic rings. The van der Waals surface area contributed by atoms with E-state index >= 15 is 0 Å². The van der Waals surface area contributed by atoms with E-state index in [-0.39, 0.29) is 0 Å². The predicted molar refractivity (Wildman–Crippen MR) is 72.5 cm³/mol. The molecule has 0 spiro atoms. The van der Waals surface area contributed by atoms with Crippen molar-refractivity contribution in [3.63, 3.8) is 0 Å². The van der Waals surface area contributed by atoms with Gasteiger partial charge in [0.05, 0.1) is 11.0 Å². The summed E-state index contributed by atoms with van der Waals surface area (Å²) in [5.41, 5.74) is 4.73. The molecule has 0 saturated carbocycles. The standard InChI is InChI=1S/C15H15N3/c1-11-3-2-4-13-15(11)18-14(17-13)6-5-12-7-9-16-10-8-12/h2-4,7-10H,5-6H2,1H3,(H,17,18). The fraction of sp³-hybridized carbons (Fsp3) is 0.200. The minimum absolute atomic E-state index is 0.929. The van der Waals surface area contributed by atoms with E-state index in [4.69, 9.17) is 0 Å². The van der Waals surface area contributed by atoms with Gasteiger partial charge in [-0.2, -0.15) is 0 Å². The van der Waals surface area contributed by atoms with E-state index in [0.29, 0.717) is 0 Å². The third-order valence-corrected chi connectivity index (χ3v) is 3.16. The van der Waals surface area contributed by atoms with E-state index in [1.54, 1.807) is 0 Å². The summed E-state index contributed by atoms with van der Waals surface area (Å²) in [6.07, 6.45) is 5.58. The number of fused-ring (bicyclic) bond motifs is 1. The van der Waals surface area contributed by atoms with Crippen molar-refractivity contribution in [3.05, 3.63) is 59.7 Å². The molecule has 0 amide bonds. The van der Waals surface area contributed by atoms with Gasteiger partial charge in [-0.05, 0) is 42.7 Å². The van der Waals surface area contributed by atoms with Crippen LogP contribution in [0.15, 0.2) is 42.7 Å². The van der Waals surface area contributed by atoms with Gasteiger partial charge in [-0.3, -0.25) is 4.98 Å². The van der Waals surface area contributed by atoms with Crippen molar-refractivity contribution in [2.45, 2.75) is 19.8 Å². The van der Waals surface area contributed by atoms with Crippen LogP contribution in [0.2, 0.25) is 0 Å². The number of aryl methyl sites for hydroxylation is 3. The summed E-state index contributed by atoms with van der Waals surface area (Å²) in [5, 5.41) is 0. The number of aromatic nitrogens is 3. The zero-order valence-electron chi connectivity index (χ0n) is 10.4. The van der Waals surface area contributed by atoms with Gasteiger partial charge in [0.2, 0.25) is 0 Å². The van der Waals surface area contributed by atoms with E-state index in [2.05, 4.69) is 40.1 Å². The zero-order chi connectivity index (χ0) is 12.4. The van der Waals surface area contributed by atoms with E-state index < -0.39 is 0 Å². The first-order valence-corrected chi connectivity index (χ1v) is 6.16. The fourth-order valence-corrected chi connectivity index (χ4v) is 2.16. The van der Waals surface area contributed by atoms with Gasteiger partial charge in [0.25, 0.3) is 0 Å². The molecule has 0 aliphatic heterocycles. The molecule has 0 atom stereocenters. The molecule has 3 aromatic rings. The van der Waals surface area contributed by atoms with Crippen LogP contribution in [0, 0.1) is 6.92 Å². The maximum atomic E-state index is 4.66. The van der Waals surface area contributed by atoms with Gasteiger partial charge in [-0.25, -0.2) is 4.98 Å². The highest BCUT2D eigenvalue weighted by Gasteiger charge is 2.04. The molecule has 0 aliphatic carbocycles. The van der Waals surface area contributed by atoms with E-state index in [1.807, 2.05) is 24.5 Å². The summed E-state index contributed by atoms with van der Waals surface area (Å²) in [4.78, 5) is 12.1. The average Bonchev–Trinajstić information content (AvgIpc) is 2.82. The molecule has 18 heavy (non-hydrogen) atoms. The van der Waals surface area contributed by atoms with Gasteiger partial charge >= 0.3 is 0 Å². The molecule has 2 aromatic heterocycles. The molecule has 0 fully saturated rings. The van der Waals surface area contributed by atoms with Crippen LogP contribution in [0.1, 0.15) is 17.0 Å². The van der Waals surface area contributed by atoms with Crippen molar-refractivity contribution in [2.24, 2.45) is 0 Å². The topological polar surface area (TPSA) is 41.6 Å². The Morgan fingerprint density at radius 3 is 2.67 bits per heavy atom. The number of pyridine rings is 1. The molecule has 1 aromatic carbocycles. The molecule has 2 heterocycles. The summed E-state index contributed by atoms with van der Waals surface area (Å²) >= 11 is 0. The van der Waals surface area contributed by atoms with Gasteiger partial charge in [0.15, 0.2) is 0 Å². The number of aromatic amines is 1. The van der Waals surface area contributed by atoms with Crippen LogP contribution in [-0.4, -0.2) is 15.0 Å². The average molecular weight is 237 g/mol. The lowest BCUT2D eigenvalue weighted by Crippen LogP contribution is -1.93. The molecule has 0 bridgehead atoms. The van der Waals surface area contributed by atoms with Crippen molar-refractivity contribution in [1.29, 1.82) is 0 Å². The Labute approximate surface area is 106 Å². The molecule has 0 unspecified atom stereocenters. The number of H-pyrrole nitrogens is 1. The summed E-state index contributed by atoms with van der Waals surface area (Å²) in [5.74, 6) is 1.05. The van der Waals surface area contributed by atoms with Gasteiger partial charge in [0, 0.05) is 18.8 Å². The summed E-state index contributed by atoms with van der Waals surface area (Å²) in [6, 6.07) is 10.3. The van der Waals surface area contributed by atoms with Gasteiger partial charge < -0.3 is 4.98 Å². The second kappa shape index (κ2) is 4.61. The van der Waals surface area contributed by atoms with Gasteiger partial charge in [0.1, 0.15) is 5.82 Å². The molecule has 90 valence electrons. The lowest BCUT2D eigenvalue weighted by molar-refractivity contribution is 0.887. The Morgan fingerprint density at radius 2 is 1.89 bits per heavy atom. The fourth-order valence-electron chi connectivity index (χ4n) is 2.16. The van der Waals surface area contributed by atoms with E-state index in [0.717, 1.165) is 29.7 Å². The first kappa shape index (κ1) is 11.0. The summed E-state index contributed by atoms with van der Waals surface area (Å²) < 4.78 is 0. The first-order chi connectivity index (χ1) is 8.83. The van der Waals surface area contributed by atoms with Crippen LogP contribution in [0.4, 0.5) is 0 Å². The Balaban J connectivity index is 1.81. The van der Waals surface area contributed by atoms with Crippen molar-refractivity contribution in [2.75, 3.05) is 0 Å². The number of imidazole rings is 1. The van der Waals surface area contributed by atoms with Gasteiger partial charge in [-0.15, -0.1) is 0 Å². The summed E-state index contributed by atoms with van der Waals surface area (Å²) in [6.45, 7) is 2.09. The predicted octanol–water partition coefficient (Wildman–Crippen LogP) is 3.05. The molecule has 3 heteroatoms. The van der Waals surface area contributed by atoms with Crippen LogP contribution < -0.4 is 0 Å². The number of para-hydroxylation sites is 1. The number of nitrogens with zero attached hydrogens (tertiary/aromatic N) is 2.